The van der Waals surface area contributed by atoms with Crippen LogP contribution >= 0.6 is 0 Å². The number of carbonyl (C=O) groups excluding carboxylic acids is 2. The lowest BCUT2D eigenvalue weighted by Crippen LogP contribution is -2.47. The van der Waals surface area contributed by atoms with Crippen LogP contribution in [0.1, 0.15) is 85.4 Å². The molecule has 2 aliphatic heterocycles. The first-order valence-electron chi connectivity index (χ1n) is 16.1. The number of amides is 2. The van der Waals surface area contributed by atoms with Crippen LogP contribution in [-0.2, 0) is 33.5 Å². The van der Waals surface area contributed by atoms with Gasteiger partial charge >= 0.3 is 18.4 Å². The molecule has 1 aliphatic carbocycles. The van der Waals surface area contributed by atoms with Gasteiger partial charge in [0.15, 0.2) is 0 Å². The molecule has 6 rings (SSSR count). The van der Waals surface area contributed by atoms with E-state index in [1.54, 1.807) is 0 Å². The summed E-state index contributed by atoms with van der Waals surface area (Å²) in [4.78, 5) is 34.9. The Bertz CT molecular complexity index is 1680. The molecular formula is C30H33F8N7O5. The van der Waals surface area contributed by atoms with Gasteiger partial charge in [-0.25, -0.2) is 28.1 Å². The van der Waals surface area contributed by atoms with E-state index in [9.17, 15) is 44.7 Å². The largest absolute Gasteiger partial charge is 0.452 e. The van der Waals surface area contributed by atoms with Crippen LogP contribution in [0.5, 0.6) is 0 Å². The molecule has 274 valence electrons. The van der Waals surface area contributed by atoms with Crippen LogP contribution in [0.4, 0.5) is 39.9 Å². The maximum absolute atomic E-state index is 14.1. The van der Waals surface area contributed by atoms with Gasteiger partial charge < -0.3 is 24.6 Å². The number of piperidine rings is 1. The summed E-state index contributed by atoms with van der Waals surface area (Å²) in [6, 6.07) is -0.446. The number of hydrogen-bond donors (Lipinski definition) is 2. The van der Waals surface area contributed by atoms with Crippen molar-refractivity contribution in [3.05, 3.63) is 40.8 Å². The zero-order chi connectivity index (χ0) is 35.8. The molecule has 3 aromatic rings. The number of alkyl halides is 8. The van der Waals surface area contributed by atoms with E-state index in [1.165, 1.54) is 10.7 Å². The smallest absolute Gasteiger partial charge is 0.443 e. The highest BCUT2D eigenvalue weighted by molar-refractivity contribution is 5.79. The Morgan fingerprint density at radius 3 is 2.48 bits per heavy atom. The molecule has 0 unspecified atom stereocenters. The first-order valence-corrected chi connectivity index (χ1v) is 16.1. The second kappa shape index (κ2) is 13.9. The number of rotatable bonds is 8. The molecule has 50 heavy (non-hydrogen) atoms. The molecule has 2 amide bonds. The molecule has 3 atom stereocenters. The standard InChI is InChI=1S/C30H33F8N7O5/c31-28(32)5-1-15(2-6-28)24(42-27(47)49-14-19-11-22(50-44-19)30(36,37)38)21-13-45-26(40-21)41-23(16-3-7-48-8-4-16)20(43-45)10-17-9-18(29(33,34)35)12-39-25(17)46/h11,13,15-18,24H,1-10,12,14H2,(H,39,46)(H,42,47)/t17-,18-,24+/m1/s1. The number of aromatic nitrogens is 5. The van der Waals surface area contributed by atoms with Crippen LogP contribution in [0.15, 0.2) is 16.8 Å². The Kier molecular flexibility index (Phi) is 9.93. The van der Waals surface area contributed by atoms with Gasteiger partial charge in [0.1, 0.15) is 12.3 Å². The van der Waals surface area contributed by atoms with Crippen molar-refractivity contribution in [1.29, 1.82) is 0 Å². The van der Waals surface area contributed by atoms with E-state index in [2.05, 4.69) is 30.4 Å². The monoisotopic (exact) mass is 723 g/mol. The van der Waals surface area contributed by atoms with Crippen molar-refractivity contribution in [2.75, 3.05) is 19.8 Å². The lowest BCUT2D eigenvalue weighted by Gasteiger charge is -2.33. The SMILES string of the molecule is O=C(N[C@H](c1cn2nc(C[C@H]3C[C@@H](C(F)(F)F)CNC3=O)c(C3CCOCC3)nc2n1)C1CCC(F)(F)CC1)OCc1cc(C(F)(F)F)on1. The predicted molar refractivity (Wildman–Crippen MR) is 152 cm³/mol. The van der Waals surface area contributed by atoms with Crippen molar-refractivity contribution in [2.45, 2.75) is 88.2 Å². The van der Waals surface area contributed by atoms with E-state index >= 15 is 0 Å². The van der Waals surface area contributed by atoms with Crippen LogP contribution in [0.25, 0.3) is 5.78 Å². The van der Waals surface area contributed by atoms with E-state index in [-0.39, 0.29) is 42.3 Å². The summed E-state index contributed by atoms with van der Waals surface area (Å²) in [5.41, 5.74) is 0.597. The van der Waals surface area contributed by atoms with Gasteiger partial charge in [-0.2, -0.15) is 31.4 Å². The summed E-state index contributed by atoms with van der Waals surface area (Å²) in [6.45, 7) is -0.388. The second-order valence-corrected chi connectivity index (χ2v) is 12.9. The minimum absolute atomic E-state index is 0.0133. The molecule has 0 radical (unpaired) electrons. The number of carbonyl (C=O) groups is 2. The third-order valence-corrected chi connectivity index (χ3v) is 9.42. The lowest BCUT2D eigenvalue weighted by molar-refractivity contribution is -0.183. The number of imidazole rings is 1. The number of ether oxygens (including phenoxy) is 2. The zero-order valence-electron chi connectivity index (χ0n) is 26.3. The van der Waals surface area contributed by atoms with E-state index < -0.39 is 92.2 Å². The van der Waals surface area contributed by atoms with Crippen LogP contribution < -0.4 is 10.6 Å². The Morgan fingerprint density at radius 1 is 1.10 bits per heavy atom. The van der Waals surface area contributed by atoms with Crippen LogP contribution in [0, 0.1) is 17.8 Å². The van der Waals surface area contributed by atoms with Crippen LogP contribution in [0.2, 0.25) is 0 Å². The molecule has 0 aromatic carbocycles. The van der Waals surface area contributed by atoms with Crippen molar-refractivity contribution >= 4 is 17.8 Å². The Balaban J connectivity index is 1.28. The van der Waals surface area contributed by atoms with Gasteiger partial charge in [0.05, 0.1) is 35.2 Å². The van der Waals surface area contributed by atoms with Crippen molar-refractivity contribution in [2.24, 2.45) is 17.8 Å². The van der Waals surface area contributed by atoms with Gasteiger partial charge in [-0.1, -0.05) is 5.16 Å². The fourth-order valence-corrected chi connectivity index (χ4v) is 6.69. The summed E-state index contributed by atoms with van der Waals surface area (Å²) in [5.74, 6) is -8.27. The molecule has 12 nitrogen and oxygen atoms in total. The third-order valence-electron chi connectivity index (χ3n) is 9.42. The summed E-state index contributed by atoms with van der Waals surface area (Å²) in [5, 5.41) is 12.8. The van der Waals surface area contributed by atoms with Gasteiger partial charge in [-0.3, -0.25) is 4.79 Å². The minimum atomic E-state index is -4.80. The van der Waals surface area contributed by atoms with E-state index in [0.717, 1.165) is 0 Å². The molecule has 1 saturated carbocycles. The molecule has 3 aromatic heterocycles. The Morgan fingerprint density at radius 2 is 1.82 bits per heavy atom. The van der Waals surface area contributed by atoms with Gasteiger partial charge in [-0.15, -0.1) is 0 Å². The highest BCUT2D eigenvalue weighted by Gasteiger charge is 2.45. The van der Waals surface area contributed by atoms with Gasteiger partial charge in [0, 0.05) is 56.9 Å². The zero-order valence-corrected chi connectivity index (χ0v) is 26.3. The minimum Gasteiger partial charge on any atom is -0.443 e. The number of halogens is 8. The van der Waals surface area contributed by atoms with Crippen LogP contribution in [0.3, 0.4) is 0 Å². The predicted octanol–water partition coefficient (Wildman–Crippen LogP) is 5.68. The van der Waals surface area contributed by atoms with Crippen molar-refractivity contribution in [3.8, 4) is 0 Å². The Hall–Kier alpha value is -4.10. The van der Waals surface area contributed by atoms with E-state index in [1.807, 2.05) is 0 Å². The van der Waals surface area contributed by atoms with Gasteiger partial charge in [-0.05, 0) is 38.0 Å². The average Bonchev–Trinajstić information content (AvgIpc) is 3.71. The highest BCUT2D eigenvalue weighted by Crippen LogP contribution is 2.42. The summed E-state index contributed by atoms with van der Waals surface area (Å²) >= 11 is 0. The first kappa shape index (κ1) is 35.7. The normalized spacial score (nSPS) is 23.1. The molecule has 5 heterocycles. The molecule has 20 heteroatoms. The average molecular weight is 724 g/mol. The molecular weight excluding hydrogens is 690 g/mol. The van der Waals surface area contributed by atoms with Crippen molar-refractivity contribution < 1.29 is 58.7 Å². The van der Waals surface area contributed by atoms with Gasteiger partial charge in [0.25, 0.3) is 5.78 Å². The number of hydrogen-bond acceptors (Lipinski definition) is 9. The maximum Gasteiger partial charge on any atom is 0.452 e. The third kappa shape index (κ3) is 8.26. The fraction of sp³-hybridized carbons (Fsp3) is 0.667. The number of alkyl carbamates (subject to hydrolysis) is 1. The summed E-state index contributed by atoms with van der Waals surface area (Å²) in [7, 11) is 0. The van der Waals surface area contributed by atoms with E-state index in [0.29, 0.717) is 43.5 Å². The van der Waals surface area contributed by atoms with Crippen molar-refractivity contribution in [3.63, 3.8) is 0 Å². The highest BCUT2D eigenvalue weighted by atomic mass is 19.4. The number of fused-ring (bicyclic) bond motifs is 1. The molecule has 3 aliphatic rings. The van der Waals surface area contributed by atoms with Crippen LogP contribution in [-0.4, -0.2) is 68.6 Å². The van der Waals surface area contributed by atoms with Crippen molar-refractivity contribution in [1.82, 2.24) is 35.4 Å². The second-order valence-electron chi connectivity index (χ2n) is 12.9. The molecule has 0 bridgehead atoms. The van der Waals surface area contributed by atoms with E-state index in [4.69, 9.17) is 14.5 Å². The number of nitrogens with one attached hydrogen (secondary N) is 2. The lowest BCUT2D eigenvalue weighted by atomic mass is 9.81. The fourth-order valence-electron chi connectivity index (χ4n) is 6.69. The number of nitrogens with zero attached hydrogens (tertiary/aromatic N) is 5. The quantitative estimate of drug-likeness (QED) is 0.281. The Labute approximate surface area is 278 Å². The molecule has 3 fully saturated rings. The topological polar surface area (TPSA) is 146 Å². The summed E-state index contributed by atoms with van der Waals surface area (Å²) < 4.78 is 124. The molecule has 2 N–H and O–H groups in total. The first-order chi connectivity index (χ1) is 23.6. The van der Waals surface area contributed by atoms with Gasteiger partial charge in [0.2, 0.25) is 17.6 Å². The molecule has 0 spiro atoms. The molecule has 2 saturated heterocycles. The summed E-state index contributed by atoms with van der Waals surface area (Å²) in [6.07, 6.45) is -9.43. The maximum atomic E-state index is 14.1.